The van der Waals surface area contributed by atoms with Crippen LogP contribution in [-0.4, -0.2) is 41.1 Å². The summed E-state index contributed by atoms with van der Waals surface area (Å²) in [7, 11) is 0. The van der Waals surface area contributed by atoms with Gasteiger partial charge in [0.15, 0.2) is 0 Å². The molecule has 1 amide bonds. The number of hydrogen-bond donors (Lipinski definition) is 2. The van der Waals surface area contributed by atoms with Gasteiger partial charge in [0.05, 0.1) is 30.0 Å². The number of fused-ring (bicyclic) bond motifs is 1. The van der Waals surface area contributed by atoms with E-state index in [1.54, 1.807) is 0 Å². The number of morpholine rings is 1. The van der Waals surface area contributed by atoms with Crippen molar-refractivity contribution < 1.29 is 9.53 Å². The van der Waals surface area contributed by atoms with Gasteiger partial charge in [-0.25, -0.2) is 0 Å². The zero-order valence-corrected chi connectivity index (χ0v) is 12.4. The van der Waals surface area contributed by atoms with Crippen molar-refractivity contribution in [1.29, 1.82) is 0 Å². The van der Waals surface area contributed by atoms with Crippen molar-refractivity contribution in [1.82, 2.24) is 9.88 Å². The van der Waals surface area contributed by atoms with E-state index in [-0.39, 0.29) is 18.1 Å². The highest BCUT2D eigenvalue weighted by Crippen LogP contribution is 2.24. The van der Waals surface area contributed by atoms with Crippen molar-refractivity contribution in [3.8, 4) is 0 Å². The van der Waals surface area contributed by atoms with E-state index in [1.165, 1.54) is 0 Å². The monoisotopic (exact) mass is 287 g/mol. The molecule has 3 rings (SSSR count). The van der Waals surface area contributed by atoms with Gasteiger partial charge in [-0.2, -0.15) is 0 Å². The number of rotatable bonds is 2. The Balaban J connectivity index is 1.93. The van der Waals surface area contributed by atoms with Crippen LogP contribution in [0.4, 0.5) is 5.69 Å². The second-order valence-corrected chi connectivity index (χ2v) is 5.66. The van der Waals surface area contributed by atoms with Crippen LogP contribution in [0.25, 0.3) is 10.9 Å². The van der Waals surface area contributed by atoms with Crippen LogP contribution in [0.1, 0.15) is 30.8 Å². The molecule has 3 N–H and O–H groups in total. The van der Waals surface area contributed by atoms with Gasteiger partial charge in [0, 0.05) is 11.9 Å². The van der Waals surface area contributed by atoms with E-state index in [1.807, 2.05) is 36.1 Å². The minimum absolute atomic E-state index is 0.0209. The van der Waals surface area contributed by atoms with Crippen LogP contribution in [0.3, 0.4) is 0 Å². The lowest BCUT2D eigenvalue weighted by atomic mass is 10.1. The minimum Gasteiger partial charge on any atom is -0.397 e. The van der Waals surface area contributed by atoms with E-state index in [2.05, 4.69) is 11.9 Å². The average molecular weight is 287 g/mol. The summed E-state index contributed by atoms with van der Waals surface area (Å²) in [6, 6.07) is 7.70. The van der Waals surface area contributed by atoms with Crippen molar-refractivity contribution in [2.24, 2.45) is 0 Å². The Hall–Kier alpha value is -2.01. The molecule has 5 nitrogen and oxygen atoms in total. The standard InChI is InChI=1S/C16H21N3O2/c1-3-12-9-21-10(2)8-19(12)16(20)14-7-11-5-4-6-13(17)15(11)18-14/h4-7,10,12,18H,3,8-9,17H2,1-2H3. The summed E-state index contributed by atoms with van der Waals surface area (Å²) in [6.45, 7) is 5.30. The zero-order chi connectivity index (χ0) is 15.0. The Morgan fingerprint density at radius 2 is 2.33 bits per heavy atom. The molecule has 0 radical (unpaired) electrons. The average Bonchev–Trinajstić information content (AvgIpc) is 2.92. The van der Waals surface area contributed by atoms with Crippen molar-refractivity contribution in [2.45, 2.75) is 32.4 Å². The number of nitrogens with zero attached hydrogens (tertiary/aromatic N) is 1. The van der Waals surface area contributed by atoms with Crippen LogP contribution in [0.5, 0.6) is 0 Å². The third kappa shape index (κ3) is 2.49. The number of carbonyl (C=O) groups is 1. The van der Waals surface area contributed by atoms with Gasteiger partial charge in [-0.05, 0) is 25.5 Å². The molecule has 1 saturated heterocycles. The van der Waals surface area contributed by atoms with E-state index in [9.17, 15) is 4.79 Å². The quantitative estimate of drug-likeness (QED) is 0.833. The molecule has 0 bridgehead atoms. The van der Waals surface area contributed by atoms with Gasteiger partial charge in [-0.15, -0.1) is 0 Å². The van der Waals surface area contributed by atoms with Crippen LogP contribution in [0.15, 0.2) is 24.3 Å². The summed E-state index contributed by atoms with van der Waals surface area (Å²) in [5.74, 6) is 0.0209. The molecule has 1 fully saturated rings. The number of para-hydroxylation sites is 1. The zero-order valence-electron chi connectivity index (χ0n) is 12.4. The fourth-order valence-electron chi connectivity index (χ4n) is 2.88. The lowest BCUT2D eigenvalue weighted by Crippen LogP contribution is -2.51. The van der Waals surface area contributed by atoms with Crippen LogP contribution < -0.4 is 5.73 Å². The number of amides is 1. The molecule has 2 atom stereocenters. The smallest absolute Gasteiger partial charge is 0.270 e. The topological polar surface area (TPSA) is 71.3 Å². The SMILES string of the molecule is CCC1COC(C)CN1C(=O)c1cc2cccc(N)c2[nH]1. The Labute approximate surface area is 124 Å². The number of aromatic nitrogens is 1. The Morgan fingerprint density at radius 3 is 3.05 bits per heavy atom. The maximum atomic E-state index is 12.8. The number of hydrogen-bond acceptors (Lipinski definition) is 3. The van der Waals surface area contributed by atoms with Crippen LogP contribution in [-0.2, 0) is 4.74 Å². The highest BCUT2D eigenvalue weighted by Gasteiger charge is 2.30. The predicted molar refractivity (Wildman–Crippen MR) is 83.2 cm³/mol. The van der Waals surface area contributed by atoms with E-state index in [4.69, 9.17) is 10.5 Å². The Kier molecular flexibility index (Phi) is 3.59. The molecular weight excluding hydrogens is 266 g/mol. The fourth-order valence-corrected chi connectivity index (χ4v) is 2.88. The van der Waals surface area contributed by atoms with Crippen molar-refractivity contribution in [3.63, 3.8) is 0 Å². The van der Waals surface area contributed by atoms with Crippen LogP contribution >= 0.6 is 0 Å². The first-order valence-corrected chi connectivity index (χ1v) is 7.40. The lowest BCUT2D eigenvalue weighted by Gasteiger charge is -2.38. The number of nitrogens with one attached hydrogen (secondary N) is 1. The van der Waals surface area contributed by atoms with Gasteiger partial charge in [-0.3, -0.25) is 4.79 Å². The summed E-state index contributed by atoms with van der Waals surface area (Å²) in [6.07, 6.45) is 0.965. The molecule has 112 valence electrons. The van der Waals surface area contributed by atoms with Crippen molar-refractivity contribution in [2.75, 3.05) is 18.9 Å². The second kappa shape index (κ2) is 5.41. The lowest BCUT2D eigenvalue weighted by molar-refractivity contribution is -0.0445. The van der Waals surface area contributed by atoms with Crippen LogP contribution in [0, 0.1) is 0 Å². The summed E-state index contributed by atoms with van der Waals surface area (Å²) < 4.78 is 5.65. The van der Waals surface area contributed by atoms with Gasteiger partial charge < -0.3 is 20.4 Å². The first kappa shape index (κ1) is 13.9. The van der Waals surface area contributed by atoms with Crippen molar-refractivity contribution in [3.05, 3.63) is 30.0 Å². The molecule has 1 aromatic carbocycles. The molecule has 2 heterocycles. The number of ether oxygens (including phenoxy) is 1. The molecule has 2 aromatic rings. The predicted octanol–water partition coefficient (Wildman–Crippen LogP) is 2.39. The van der Waals surface area contributed by atoms with Gasteiger partial charge in [0.1, 0.15) is 5.69 Å². The number of H-pyrrole nitrogens is 1. The highest BCUT2D eigenvalue weighted by atomic mass is 16.5. The minimum atomic E-state index is 0.0209. The summed E-state index contributed by atoms with van der Waals surface area (Å²) >= 11 is 0. The Bertz CT molecular complexity index is 665. The summed E-state index contributed by atoms with van der Waals surface area (Å²) in [5, 5.41) is 0.965. The second-order valence-electron chi connectivity index (χ2n) is 5.66. The molecule has 0 aliphatic carbocycles. The number of nitrogen functional groups attached to an aromatic ring is 1. The number of nitrogens with two attached hydrogens (primary N) is 1. The molecule has 1 aliphatic rings. The van der Waals surface area contributed by atoms with E-state index in [0.29, 0.717) is 24.5 Å². The third-order valence-corrected chi connectivity index (χ3v) is 4.12. The van der Waals surface area contributed by atoms with E-state index >= 15 is 0 Å². The van der Waals surface area contributed by atoms with Crippen LogP contribution in [0.2, 0.25) is 0 Å². The molecule has 0 spiro atoms. The first-order valence-electron chi connectivity index (χ1n) is 7.40. The van der Waals surface area contributed by atoms with Crippen molar-refractivity contribution >= 4 is 22.5 Å². The molecule has 21 heavy (non-hydrogen) atoms. The molecule has 1 aliphatic heterocycles. The summed E-state index contributed by atoms with van der Waals surface area (Å²) in [5.41, 5.74) is 8.03. The number of anilines is 1. The molecular formula is C16H21N3O2. The van der Waals surface area contributed by atoms with E-state index < -0.39 is 0 Å². The van der Waals surface area contributed by atoms with Gasteiger partial charge in [-0.1, -0.05) is 19.1 Å². The molecule has 0 saturated carbocycles. The first-order chi connectivity index (χ1) is 10.1. The van der Waals surface area contributed by atoms with Gasteiger partial charge >= 0.3 is 0 Å². The fraction of sp³-hybridized carbons (Fsp3) is 0.438. The largest absolute Gasteiger partial charge is 0.397 e. The normalized spacial score (nSPS) is 22.7. The molecule has 2 unspecified atom stereocenters. The highest BCUT2D eigenvalue weighted by molar-refractivity contribution is 6.01. The molecule has 5 heteroatoms. The number of aromatic amines is 1. The Morgan fingerprint density at radius 1 is 1.52 bits per heavy atom. The maximum absolute atomic E-state index is 12.8. The maximum Gasteiger partial charge on any atom is 0.270 e. The number of benzene rings is 1. The van der Waals surface area contributed by atoms with Gasteiger partial charge in [0.25, 0.3) is 5.91 Å². The molecule has 1 aromatic heterocycles. The summed E-state index contributed by atoms with van der Waals surface area (Å²) in [4.78, 5) is 17.9. The van der Waals surface area contributed by atoms with E-state index in [0.717, 1.165) is 17.3 Å². The van der Waals surface area contributed by atoms with Gasteiger partial charge in [0.2, 0.25) is 0 Å². The number of carbonyl (C=O) groups excluding carboxylic acids is 1. The third-order valence-electron chi connectivity index (χ3n) is 4.12.